The molecule has 0 radical (unpaired) electrons. The van der Waals surface area contributed by atoms with Gasteiger partial charge in [-0.3, -0.25) is 4.98 Å². The lowest BCUT2D eigenvalue weighted by Gasteiger charge is -2.08. The van der Waals surface area contributed by atoms with E-state index in [9.17, 15) is 0 Å². The maximum absolute atomic E-state index is 6.04. The SMILES string of the molecule is COc1ccc2c(c1)nc(CCl)n2Cc1ccc(C)nc1. The van der Waals surface area contributed by atoms with E-state index in [0.29, 0.717) is 12.4 Å². The third-order valence-electron chi connectivity index (χ3n) is 3.47. The summed E-state index contributed by atoms with van der Waals surface area (Å²) in [6, 6.07) is 9.97. The van der Waals surface area contributed by atoms with Crippen LogP contribution in [0.2, 0.25) is 0 Å². The number of halogens is 1. The molecule has 0 N–H and O–H groups in total. The highest BCUT2D eigenvalue weighted by Crippen LogP contribution is 2.23. The molecule has 0 fully saturated rings. The van der Waals surface area contributed by atoms with Gasteiger partial charge in [0.1, 0.15) is 11.6 Å². The Morgan fingerprint density at radius 3 is 2.76 bits per heavy atom. The molecule has 4 nitrogen and oxygen atoms in total. The molecule has 0 bridgehead atoms. The molecule has 3 aromatic rings. The number of nitrogens with zero attached hydrogens (tertiary/aromatic N) is 3. The molecule has 0 atom stereocenters. The summed E-state index contributed by atoms with van der Waals surface area (Å²) in [7, 11) is 1.65. The molecule has 0 unspecified atom stereocenters. The minimum Gasteiger partial charge on any atom is -0.497 e. The van der Waals surface area contributed by atoms with E-state index in [4.69, 9.17) is 16.3 Å². The Balaban J connectivity index is 2.05. The maximum atomic E-state index is 6.04. The molecule has 0 spiro atoms. The summed E-state index contributed by atoms with van der Waals surface area (Å²) >= 11 is 6.04. The second-order valence-electron chi connectivity index (χ2n) is 4.91. The van der Waals surface area contributed by atoms with Crippen molar-refractivity contribution in [1.29, 1.82) is 0 Å². The number of alkyl halides is 1. The number of pyridine rings is 1. The molecule has 108 valence electrons. The van der Waals surface area contributed by atoms with Crippen molar-refractivity contribution >= 4 is 22.6 Å². The third-order valence-corrected chi connectivity index (χ3v) is 3.71. The van der Waals surface area contributed by atoms with Gasteiger partial charge in [-0.25, -0.2) is 4.98 Å². The van der Waals surface area contributed by atoms with E-state index >= 15 is 0 Å². The fourth-order valence-corrected chi connectivity index (χ4v) is 2.54. The van der Waals surface area contributed by atoms with Crippen molar-refractivity contribution in [3.05, 3.63) is 53.6 Å². The zero-order chi connectivity index (χ0) is 14.8. The van der Waals surface area contributed by atoms with Crippen LogP contribution in [0.4, 0.5) is 0 Å². The fraction of sp³-hybridized carbons (Fsp3) is 0.250. The van der Waals surface area contributed by atoms with E-state index in [0.717, 1.165) is 33.9 Å². The lowest BCUT2D eigenvalue weighted by Crippen LogP contribution is -2.04. The van der Waals surface area contributed by atoms with Gasteiger partial charge in [-0.1, -0.05) is 6.07 Å². The molecule has 0 aliphatic rings. The topological polar surface area (TPSA) is 39.9 Å². The summed E-state index contributed by atoms with van der Waals surface area (Å²) in [6.07, 6.45) is 1.89. The number of aromatic nitrogens is 3. The monoisotopic (exact) mass is 301 g/mol. The molecular formula is C16H16ClN3O. The first-order valence-electron chi connectivity index (χ1n) is 6.72. The number of imidazole rings is 1. The van der Waals surface area contributed by atoms with Gasteiger partial charge >= 0.3 is 0 Å². The Morgan fingerprint density at radius 2 is 2.10 bits per heavy atom. The summed E-state index contributed by atoms with van der Waals surface area (Å²) in [5.74, 6) is 2.02. The van der Waals surface area contributed by atoms with Gasteiger partial charge in [-0.15, -0.1) is 11.6 Å². The van der Waals surface area contributed by atoms with Crippen LogP contribution >= 0.6 is 11.6 Å². The lowest BCUT2D eigenvalue weighted by atomic mass is 10.2. The summed E-state index contributed by atoms with van der Waals surface area (Å²) < 4.78 is 7.36. The minimum atomic E-state index is 0.371. The normalized spacial score (nSPS) is 11.0. The van der Waals surface area contributed by atoms with Gasteiger partial charge in [0.05, 0.1) is 30.6 Å². The van der Waals surface area contributed by atoms with Crippen LogP contribution in [0.15, 0.2) is 36.5 Å². The van der Waals surface area contributed by atoms with Gasteiger partial charge in [-0.2, -0.15) is 0 Å². The third kappa shape index (κ3) is 2.72. The fourth-order valence-electron chi connectivity index (χ4n) is 2.34. The number of rotatable bonds is 4. The predicted octanol–water partition coefficient (Wildman–Crippen LogP) is 3.54. The molecule has 0 saturated heterocycles. The van der Waals surface area contributed by atoms with Crippen molar-refractivity contribution in [3.8, 4) is 5.75 Å². The van der Waals surface area contributed by atoms with E-state index in [2.05, 4.69) is 20.6 Å². The van der Waals surface area contributed by atoms with Crippen molar-refractivity contribution in [2.75, 3.05) is 7.11 Å². The van der Waals surface area contributed by atoms with E-state index in [-0.39, 0.29) is 0 Å². The van der Waals surface area contributed by atoms with Crippen LogP contribution in [-0.4, -0.2) is 21.6 Å². The number of benzene rings is 1. The van der Waals surface area contributed by atoms with Crippen molar-refractivity contribution in [2.24, 2.45) is 0 Å². The maximum Gasteiger partial charge on any atom is 0.125 e. The van der Waals surface area contributed by atoms with Crippen molar-refractivity contribution in [2.45, 2.75) is 19.3 Å². The summed E-state index contributed by atoms with van der Waals surface area (Å²) in [6.45, 7) is 2.69. The van der Waals surface area contributed by atoms with Crippen molar-refractivity contribution < 1.29 is 4.74 Å². The van der Waals surface area contributed by atoms with Gasteiger partial charge in [0.25, 0.3) is 0 Å². The molecule has 2 aromatic heterocycles. The number of hydrogen-bond donors (Lipinski definition) is 0. The zero-order valence-electron chi connectivity index (χ0n) is 12.0. The second kappa shape index (κ2) is 5.74. The molecule has 5 heteroatoms. The van der Waals surface area contributed by atoms with Gasteiger partial charge in [-0.05, 0) is 30.7 Å². The van der Waals surface area contributed by atoms with Crippen LogP contribution in [0.5, 0.6) is 5.75 Å². The first-order valence-corrected chi connectivity index (χ1v) is 7.25. The van der Waals surface area contributed by atoms with Crippen molar-refractivity contribution in [3.63, 3.8) is 0 Å². The summed E-state index contributed by atoms with van der Waals surface area (Å²) in [4.78, 5) is 8.92. The average Bonchev–Trinajstić information content (AvgIpc) is 2.86. The Hall–Kier alpha value is -2.07. The zero-order valence-corrected chi connectivity index (χ0v) is 12.8. The van der Waals surface area contributed by atoms with E-state index in [1.54, 1.807) is 7.11 Å². The van der Waals surface area contributed by atoms with E-state index < -0.39 is 0 Å². The van der Waals surface area contributed by atoms with Gasteiger partial charge < -0.3 is 9.30 Å². The Bertz CT molecular complexity index is 765. The highest BCUT2D eigenvalue weighted by atomic mass is 35.5. The minimum absolute atomic E-state index is 0.371. The molecule has 0 aliphatic heterocycles. The van der Waals surface area contributed by atoms with E-state index in [1.165, 1.54) is 0 Å². The van der Waals surface area contributed by atoms with Crippen LogP contribution in [0.25, 0.3) is 11.0 Å². The van der Waals surface area contributed by atoms with Crippen LogP contribution in [0.1, 0.15) is 17.1 Å². The number of fused-ring (bicyclic) bond motifs is 1. The molecule has 0 saturated carbocycles. The molecule has 0 amide bonds. The van der Waals surface area contributed by atoms with Gasteiger partial charge in [0, 0.05) is 18.0 Å². The molecular weight excluding hydrogens is 286 g/mol. The molecule has 1 aromatic carbocycles. The lowest BCUT2D eigenvalue weighted by molar-refractivity contribution is 0.415. The smallest absolute Gasteiger partial charge is 0.125 e. The van der Waals surface area contributed by atoms with Gasteiger partial charge in [0.15, 0.2) is 0 Å². The number of ether oxygens (including phenoxy) is 1. The van der Waals surface area contributed by atoms with Gasteiger partial charge in [0.2, 0.25) is 0 Å². The van der Waals surface area contributed by atoms with Crippen LogP contribution in [0.3, 0.4) is 0 Å². The molecule has 2 heterocycles. The standard InChI is InChI=1S/C16H16ClN3O/c1-11-3-4-12(9-18-11)10-20-15-6-5-13(21-2)7-14(15)19-16(20)8-17/h3-7,9H,8,10H2,1-2H3. The average molecular weight is 302 g/mol. The number of aryl methyl sites for hydroxylation is 1. The first kappa shape index (κ1) is 13.9. The molecule has 3 rings (SSSR count). The highest BCUT2D eigenvalue weighted by molar-refractivity contribution is 6.16. The predicted molar refractivity (Wildman–Crippen MR) is 83.9 cm³/mol. The van der Waals surface area contributed by atoms with E-state index in [1.807, 2.05) is 37.4 Å². The quantitative estimate of drug-likeness (QED) is 0.692. The Labute approximate surface area is 128 Å². The Kier molecular flexibility index (Phi) is 3.80. The largest absolute Gasteiger partial charge is 0.497 e. The van der Waals surface area contributed by atoms with Crippen molar-refractivity contribution in [1.82, 2.24) is 14.5 Å². The highest BCUT2D eigenvalue weighted by Gasteiger charge is 2.11. The second-order valence-corrected chi connectivity index (χ2v) is 5.18. The first-order chi connectivity index (χ1) is 10.2. The van der Waals surface area contributed by atoms with Crippen LogP contribution < -0.4 is 4.74 Å². The molecule has 0 aliphatic carbocycles. The van der Waals surface area contributed by atoms with Crippen LogP contribution in [0, 0.1) is 6.92 Å². The summed E-state index contributed by atoms with van der Waals surface area (Å²) in [5.41, 5.74) is 4.08. The Morgan fingerprint density at radius 1 is 1.24 bits per heavy atom. The number of hydrogen-bond acceptors (Lipinski definition) is 3. The number of methoxy groups -OCH3 is 1. The van der Waals surface area contributed by atoms with Crippen LogP contribution in [-0.2, 0) is 12.4 Å². The molecule has 21 heavy (non-hydrogen) atoms. The summed E-state index contributed by atoms with van der Waals surface area (Å²) in [5, 5.41) is 0.